The first kappa shape index (κ1) is 25.4. The Kier molecular flexibility index (Phi) is 8.46. The van der Waals surface area contributed by atoms with E-state index in [0.29, 0.717) is 33.2 Å². The van der Waals surface area contributed by atoms with Crippen molar-refractivity contribution in [1.82, 2.24) is 24.6 Å². The minimum Gasteiger partial charge on any atom is -0.483 e. The number of hydrogen-bond donors (Lipinski definition) is 1. The summed E-state index contributed by atoms with van der Waals surface area (Å²) in [6, 6.07) is 7.80. The van der Waals surface area contributed by atoms with Crippen LogP contribution in [0.25, 0.3) is 0 Å². The number of hydrogen-bond acceptors (Lipinski definition) is 8. The van der Waals surface area contributed by atoms with E-state index in [0.717, 1.165) is 22.6 Å². The van der Waals surface area contributed by atoms with Gasteiger partial charge in [-0.15, -0.1) is 16.8 Å². The van der Waals surface area contributed by atoms with Gasteiger partial charge in [0.2, 0.25) is 5.91 Å². The van der Waals surface area contributed by atoms with Crippen molar-refractivity contribution in [3.05, 3.63) is 58.9 Å². The van der Waals surface area contributed by atoms with Gasteiger partial charge in [-0.25, -0.2) is 4.98 Å². The average Bonchev–Trinajstić information content (AvgIpc) is 3.36. The van der Waals surface area contributed by atoms with Crippen LogP contribution in [-0.4, -0.2) is 56.3 Å². The molecule has 0 aliphatic carbocycles. The highest BCUT2D eigenvalue weighted by molar-refractivity contribution is 7.99. The number of thiazole rings is 1. The second-order valence-corrected chi connectivity index (χ2v) is 9.72. The maximum absolute atomic E-state index is 12.5. The number of carbonyl (C=O) groups excluding carboxylic acids is 2. The minimum absolute atomic E-state index is 0.109. The van der Waals surface area contributed by atoms with Crippen molar-refractivity contribution < 1.29 is 14.3 Å². The first-order chi connectivity index (χ1) is 16.2. The quantitative estimate of drug-likeness (QED) is 0.330. The average molecular weight is 501 g/mol. The molecular weight excluding hydrogens is 472 g/mol. The van der Waals surface area contributed by atoms with Crippen LogP contribution >= 0.6 is 23.1 Å². The van der Waals surface area contributed by atoms with Gasteiger partial charge in [-0.1, -0.05) is 46.9 Å². The van der Waals surface area contributed by atoms with Crippen LogP contribution in [-0.2, 0) is 11.3 Å². The van der Waals surface area contributed by atoms with Gasteiger partial charge in [-0.2, -0.15) is 0 Å². The molecule has 0 saturated carbocycles. The fourth-order valence-electron chi connectivity index (χ4n) is 3.02. The SMILES string of the molecule is C=CCn1c(SCC(=O)Nc2nc(C)c(C(=O)N(C)C)s2)nnc1C(C)Oc1ccc(C)cc1. The Morgan fingerprint density at radius 2 is 1.97 bits per heavy atom. The molecule has 2 aromatic heterocycles. The molecule has 0 fully saturated rings. The van der Waals surface area contributed by atoms with E-state index in [1.807, 2.05) is 42.7 Å². The fourth-order valence-corrected chi connectivity index (χ4v) is 4.78. The molecule has 2 amide bonds. The maximum atomic E-state index is 12.5. The predicted octanol–water partition coefficient (Wildman–Crippen LogP) is 4.11. The van der Waals surface area contributed by atoms with Gasteiger partial charge in [0, 0.05) is 20.6 Å². The number of amides is 2. The first-order valence-corrected chi connectivity index (χ1v) is 12.4. The van der Waals surface area contributed by atoms with E-state index in [9.17, 15) is 9.59 Å². The molecule has 3 aromatic rings. The first-order valence-electron chi connectivity index (χ1n) is 10.6. The Morgan fingerprint density at radius 1 is 1.26 bits per heavy atom. The van der Waals surface area contributed by atoms with Crippen LogP contribution in [0.2, 0.25) is 0 Å². The summed E-state index contributed by atoms with van der Waals surface area (Å²) < 4.78 is 7.91. The molecule has 1 atom stereocenters. The molecule has 9 nitrogen and oxygen atoms in total. The second kappa shape index (κ2) is 11.3. The third-order valence-electron chi connectivity index (χ3n) is 4.73. The van der Waals surface area contributed by atoms with E-state index >= 15 is 0 Å². The zero-order chi connectivity index (χ0) is 24.8. The third-order valence-corrected chi connectivity index (χ3v) is 6.76. The summed E-state index contributed by atoms with van der Waals surface area (Å²) in [5.41, 5.74) is 1.74. The molecule has 1 aromatic carbocycles. The maximum Gasteiger partial charge on any atom is 0.265 e. The van der Waals surface area contributed by atoms with E-state index in [-0.39, 0.29) is 23.7 Å². The van der Waals surface area contributed by atoms with Crippen LogP contribution < -0.4 is 10.1 Å². The van der Waals surface area contributed by atoms with Crippen LogP contribution in [0.1, 0.15) is 39.8 Å². The number of aromatic nitrogens is 4. The minimum atomic E-state index is -0.343. The zero-order valence-corrected chi connectivity index (χ0v) is 21.5. The normalized spacial score (nSPS) is 11.7. The monoisotopic (exact) mass is 500 g/mol. The van der Waals surface area contributed by atoms with Crippen LogP contribution in [0.15, 0.2) is 42.1 Å². The highest BCUT2D eigenvalue weighted by Crippen LogP contribution is 2.26. The van der Waals surface area contributed by atoms with Crippen LogP contribution in [0.3, 0.4) is 0 Å². The largest absolute Gasteiger partial charge is 0.483 e. The zero-order valence-electron chi connectivity index (χ0n) is 19.9. The number of allylic oxidation sites excluding steroid dienone is 1. The van der Waals surface area contributed by atoms with Crippen LogP contribution in [0, 0.1) is 13.8 Å². The smallest absolute Gasteiger partial charge is 0.265 e. The molecule has 11 heteroatoms. The van der Waals surface area contributed by atoms with Crippen molar-refractivity contribution in [2.24, 2.45) is 0 Å². The van der Waals surface area contributed by atoms with Gasteiger partial charge in [-0.05, 0) is 32.9 Å². The number of ether oxygens (including phenoxy) is 1. The number of nitrogens with one attached hydrogen (secondary N) is 1. The molecule has 0 saturated heterocycles. The van der Waals surface area contributed by atoms with E-state index < -0.39 is 0 Å². The van der Waals surface area contributed by atoms with Crippen molar-refractivity contribution in [3.63, 3.8) is 0 Å². The number of aryl methyl sites for hydroxylation is 2. The van der Waals surface area contributed by atoms with Gasteiger partial charge in [0.25, 0.3) is 5.91 Å². The molecule has 0 bridgehead atoms. The summed E-state index contributed by atoms with van der Waals surface area (Å²) in [6.45, 7) is 9.97. The summed E-state index contributed by atoms with van der Waals surface area (Å²) in [5.74, 6) is 1.10. The van der Waals surface area contributed by atoms with Crippen molar-refractivity contribution >= 4 is 40.0 Å². The highest BCUT2D eigenvalue weighted by Gasteiger charge is 2.21. The number of nitrogens with zero attached hydrogens (tertiary/aromatic N) is 5. The van der Waals surface area contributed by atoms with Crippen LogP contribution in [0.4, 0.5) is 5.13 Å². The molecule has 2 heterocycles. The molecular formula is C23H28N6O3S2. The van der Waals surface area contributed by atoms with Gasteiger partial charge in [0.15, 0.2) is 22.2 Å². The molecule has 3 rings (SSSR count). The molecule has 0 aliphatic heterocycles. The summed E-state index contributed by atoms with van der Waals surface area (Å²) in [7, 11) is 3.35. The van der Waals surface area contributed by atoms with Gasteiger partial charge in [-0.3, -0.25) is 14.2 Å². The molecule has 0 radical (unpaired) electrons. The summed E-state index contributed by atoms with van der Waals surface area (Å²) >= 11 is 2.42. The molecule has 1 N–H and O–H groups in total. The lowest BCUT2D eigenvalue weighted by molar-refractivity contribution is -0.113. The summed E-state index contributed by atoms with van der Waals surface area (Å²) in [4.78, 5) is 31.0. The number of anilines is 1. The number of carbonyl (C=O) groups is 2. The van der Waals surface area contributed by atoms with Crippen molar-refractivity contribution in [1.29, 1.82) is 0 Å². The van der Waals surface area contributed by atoms with Crippen molar-refractivity contribution in [2.75, 3.05) is 25.2 Å². The van der Waals surface area contributed by atoms with Gasteiger partial charge in [0.05, 0.1) is 11.4 Å². The fraction of sp³-hybridized carbons (Fsp3) is 0.348. The molecule has 0 spiro atoms. The Bertz CT molecular complexity index is 1170. The standard InChI is InChI=1S/C23H28N6O3S2/c1-7-12-29-20(16(4)32-17-10-8-14(2)9-11-17)26-27-23(29)33-13-18(30)25-22-24-15(3)19(34-22)21(31)28(5)6/h7-11,16H,1,12-13H2,2-6H3,(H,24,25,30). The summed E-state index contributed by atoms with van der Waals surface area (Å²) in [6.07, 6.45) is 1.40. The number of thioether (sulfide) groups is 1. The lowest BCUT2D eigenvalue weighted by atomic mass is 10.2. The summed E-state index contributed by atoms with van der Waals surface area (Å²) in [5, 5.41) is 12.3. The van der Waals surface area contributed by atoms with Gasteiger partial charge < -0.3 is 15.0 Å². The number of rotatable bonds is 10. The van der Waals surface area contributed by atoms with E-state index in [4.69, 9.17) is 4.74 Å². The molecule has 180 valence electrons. The Labute approximate surface area is 207 Å². The Hall–Kier alpha value is -3.18. The second-order valence-electron chi connectivity index (χ2n) is 7.78. The third kappa shape index (κ3) is 6.23. The molecule has 1 unspecified atom stereocenters. The van der Waals surface area contributed by atoms with Crippen LogP contribution in [0.5, 0.6) is 5.75 Å². The van der Waals surface area contributed by atoms with Crippen molar-refractivity contribution in [3.8, 4) is 5.75 Å². The van der Waals surface area contributed by atoms with E-state index in [1.165, 1.54) is 16.7 Å². The highest BCUT2D eigenvalue weighted by atomic mass is 32.2. The Morgan fingerprint density at radius 3 is 2.62 bits per heavy atom. The van der Waals surface area contributed by atoms with Crippen molar-refractivity contribution in [2.45, 2.75) is 38.6 Å². The van der Waals surface area contributed by atoms with Gasteiger partial charge in [0.1, 0.15) is 10.6 Å². The number of benzene rings is 1. The predicted molar refractivity (Wildman–Crippen MR) is 135 cm³/mol. The molecule has 0 aliphatic rings. The van der Waals surface area contributed by atoms with Gasteiger partial charge >= 0.3 is 0 Å². The topological polar surface area (TPSA) is 102 Å². The molecule has 34 heavy (non-hydrogen) atoms. The van der Waals surface area contributed by atoms with E-state index in [1.54, 1.807) is 27.1 Å². The lowest BCUT2D eigenvalue weighted by Gasteiger charge is -2.15. The lowest BCUT2D eigenvalue weighted by Crippen LogP contribution is -2.21. The Balaban J connectivity index is 1.65. The van der Waals surface area contributed by atoms with E-state index in [2.05, 4.69) is 27.1 Å².